The van der Waals surface area contributed by atoms with Gasteiger partial charge in [0.05, 0.1) is 11.5 Å². The highest BCUT2D eigenvalue weighted by Gasteiger charge is 2.63. The van der Waals surface area contributed by atoms with Crippen molar-refractivity contribution in [2.75, 3.05) is 0 Å². The Kier molecular flexibility index (Phi) is 3.63. The smallest absolute Gasteiger partial charge is 0.334 e. The first-order chi connectivity index (χ1) is 10.3. The molecule has 2 saturated heterocycles. The highest BCUT2D eigenvalue weighted by molar-refractivity contribution is 5.91. The standard InChI is InChI=1S/C17H22O5/c1-9-6-5-7-17(4)15(22-17)14-13(10(2)16(19)21-14)12(8-9)20-11(3)18/h6,12-15H,2,5,7-8H2,1,3-4H3/b9-6-. The third-order valence-electron chi connectivity index (χ3n) is 4.88. The largest absolute Gasteiger partial charge is 0.461 e. The zero-order valence-corrected chi connectivity index (χ0v) is 13.3. The average molecular weight is 306 g/mol. The van der Waals surface area contributed by atoms with Gasteiger partial charge in [-0.1, -0.05) is 18.2 Å². The lowest BCUT2D eigenvalue weighted by Gasteiger charge is -2.27. The molecule has 5 unspecified atom stereocenters. The maximum Gasteiger partial charge on any atom is 0.334 e. The van der Waals surface area contributed by atoms with E-state index >= 15 is 0 Å². The summed E-state index contributed by atoms with van der Waals surface area (Å²) < 4.78 is 16.8. The molecule has 2 fully saturated rings. The van der Waals surface area contributed by atoms with Crippen LogP contribution in [-0.2, 0) is 23.8 Å². The first-order valence-electron chi connectivity index (χ1n) is 7.72. The number of epoxide rings is 1. The third-order valence-corrected chi connectivity index (χ3v) is 4.88. The van der Waals surface area contributed by atoms with Crippen LogP contribution in [0.15, 0.2) is 23.8 Å². The van der Waals surface area contributed by atoms with Gasteiger partial charge in [0, 0.05) is 18.9 Å². The lowest BCUT2D eigenvalue weighted by Crippen LogP contribution is -2.38. The van der Waals surface area contributed by atoms with Gasteiger partial charge in [0.2, 0.25) is 0 Å². The highest BCUT2D eigenvalue weighted by Crippen LogP contribution is 2.50. The van der Waals surface area contributed by atoms with Crippen LogP contribution < -0.4 is 0 Å². The molecule has 2 aliphatic heterocycles. The predicted octanol–water partition coefficient (Wildman–Crippen LogP) is 2.30. The molecule has 22 heavy (non-hydrogen) atoms. The van der Waals surface area contributed by atoms with E-state index in [4.69, 9.17) is 14.2 Å². The quantitative estimate of drug-likeness (QED) is 0.322. The number of ether oxygens (including phenoxy) is 3. The van der Waals surface area contributed by atoms with Crippen LogP contribution in [0.3, 0.4) is 0 Å². The molecule has 0 saturated carbocycles. The second-order valence-corrected chi connectivity index (χ2v) is 6.71. The van der Waals surface area contributed by atoms with Gasteiger partial charge in [-0.15, -0.1) is 0 Å². The molecule has 2 heterocycles. The molecule has 5 heteroatoms. The number of hydrogen-bond donors (Lipinski definition) is 0. The monoisotopic (exact) mass is 306 g/mol. The van der Waals surface area contributed by atoms with Gasteiger partial charge in [-0.25, -0.2) is 4.79 Å². The molecular weight excluding hydrogens is 284 g/mol. The van der Waals surface area contributed by atoms with Crippen molar-refractivity contribution in [2.24, 2.45) is 5.92 Å². The summed E-state index contributed by atoms with van der Waals surface area (Å²) in [6.07, 6.45) is 3.52. The molecular formula is C17H22O5. The zero-order valence-electron chi connectivity index (χ0n) is 13.3. The van der Waals surface area contributed by atoms with E-state index in [1.54, 1.807) is 0 Å². The maximum absolute atomic E-state index is 12.0. The zero-order chi connectivity index (χ0) is 16.1. The van der Waals surface area contributed by atoms with E-state index in [2.05, 4.69) is 12.7 Å². The van der Waals surface area contributed by atoms with Gasteiger partial charge in [-0.3, -0.25) is 4.79 Å². The molecule has 5 atom stereocenters. The Hall–Kier alpha value is -1.62. The Morgan fingerprint density at radius 2 is 2.23 bits per heavy atom. The predicted molar refractivity (Wildman–Crippen MR) is 79.0 cm³/mol. The van der Waals surface area contributed by atoms with Gasteiger partial charge in [-0.2, -0.15) is 0 Å². The summed E-state index contributed by atoms with van der Waals surface area (Å²) in [5.41, 5.74) is 1.24. The summed E-state index contributed by atoms with van der Waals surface area (Å²) in [6, 6.07) is 0. The summed E-state index contributed by atoms with van der Waals surface area (Å²) >= 11 is 0. The van der Waals surface area contributed by atoms with Crippen molar-refractivity contribution in [1.82, 2.24) is 0 Å². The van der Waals surface area contributed by atoms with Gasteiger partial charge < -0.3 is 14.2 Å². The van der Waals surface area contributed by atoms with E-state index in [0.717, 1.165) is 18.4 Å². The minimum absolute atomic E-state index is 0.148. The molecule has 0 N–H and O–H groups in total. The Labute approximate surface area is 130 Å². The lowest BCUT2D eigenvalue weighted by molar-refractivity contribution is -0.150. The fraction of sp³-hybridized carbons (Fsp3) is 0.647. The van der Waals surface area contributed by atoms with Crippen molar-refractivity contribution in [1.29, 1.82) is 0 Å². The van der Waals surface area contributed by atoms with Crippen LogP contribution in [0.5, 0.6) is 0 Å². The van der Waals surface area contributed by atoms with Crippen molar-refractivity contribution in [3.63, 3.8) is 0 Å². The Morgan fingerprint density at radius 1 is 1.50 bits per heavy atom. The fourth-order valence-corrected chi connectivity index (χ4v) is 3.63. The molecule has 0 aromatic heterocycles. The maximum atomic E-state index is 12.0. The van der Waals surface area contributed by atoms with Crippen LogP contribution in [-0.4, -0.2) is 35.9 Å². The van der Waals surface area contributed by atoms with E-state index in [1.807, 2.05) is 13.8 Å². The van der Waals surface area contributed by atoms with Gasteiger partial charge in [0.1, 0.15) is 18.3 Å². The normalized spacial score (nSPS) is 43.3. The molecule has 0 aromatic carbocycles. The van der Waals surface area contributed by atoms with Crippen molar-refractivity contribution in [3.8, 4) is 0 Å². The number of carbonyl (C=O) groups excluding carboxylic acids is 2. The van der Waals surface area contributed by atoms with Crippen molar-refractivity contribution in [2.45, 2.75) is 63.9 Å². The van der Waals surface area contributed by atoms with E-state index in [9.17, 15) is 9.59 Å². The number of hydrogen-bond acceptors (Lipinski definition) is 5. The first-order valence-corrected chi connectivity index (χ1v) is 7.72. The highest BCUT2D eigenvalue weighted by atomic mass is 16.6. The van der Waals surface area contributed by atoms with Crippen LogP contribution in [0.2, 0.25) is 0 Å². The summed E-state index contributed by atoms with van der Waals surface area (Å²) in [5.74, 6) is -1.12. The molecule has 0 aromatic rings. The Balaban J connectivity index is 1.96. The molecule has 3 rings (SSSR count). The SMILES string of the molecule is C=C1C(=O)OC2C1C(OC(C)=O)C/C(C)=C\CCC1(C)OC21. The number of fused-ring (bicyclic) bond motifs is 3. The minimum atomic E-state index is -0.441. The number of rotatable bonds is 1. The van der Waals surface area contributed by atoms with E-state index < -0.39 is 18.2 Å². The molecule has 3 aliphatic rings. The van der Waals surface area contributed by atoms with Gasteiger partial charge in [-0.05, 0) is 26.7 Å². The molecule has 0 radical (unpaired) electrons. The number of allylic oxidation sites excluding steroid dienone is 1. The molecule has 1 aliphatic carbocycles. The fourth-order valence-electron chi connectivity index (χ4n) is 3.63. The number of carbonyl (C=O) groups is 2. The van der Waals surface area contributed by atoms with Crippen molar-refractivity contribution < 1.29 is 23.8 Å². The molecule has 0 amide bonds. The second kappa shape index (κ2) is 5.23. The summed E-state index contributed by atoms with van der Waals surface area (Å²) in [4.78, 5) is 23.5. The summed E-state index contributed by atoms with van der Waals surface area (Å²) in [5, 5.41) is 0. The van der Waals surface area contributed by atoms with Crippen LogP contribution in [0.4, 0.5) is 0 Å². The van der Waals surface area contributed by atoms with Crippen LogP contribution in [0.25, 0.3) is 0 Å². The Morgan fingerprint density at radius 3 is 2.91 bits per heavy atom. The van der Waals surface area contributed by atoms with Crippen LogP contribution in [0.1, 0.15) is 40.0 Å². The minimum Gasteiger partial charge on any atom is -0.461 e. The molecule has 0 spiro atoms. The second-order valence-electron chi connectivity index (χ2n) is 6.71. The topological polar surface area (TPSA) is 65.1 Å². The molecule has 0 bridgehead atoms. The summed E-state index contributed by atoms with van der Waals surface area (Å²) in [6.45, 7) is 9.30. The van der Waals surface area contributed by atoms with E-state index in [1.165, 1.54) is 6.92 Å². The molecule has 5 nitrogen and oxygen atoms in total. The average Bonchev–Trinajstić information content (AvgIpc) is 2.98. The Bertz CT molecular complexity index is 563. The lowest BCUT2D eigenvalue weighted by atomic mass is 9.82. The van der Waals surface area contributed by atoms with Gasteiger partial charge in [0.25, 0.3) is 0 Å². The van der Waals surface area contributed by atoms with Crippen LogP contribution in [0, 0.1) is 5.92 Å². The third kappa shape index (κ3) is 2.58. The van der Waals surface area contributed by atoms with E-state index in [0.29, 0.717) is 12.0 Å². The van der Waals surface area contributed by atoms with Crippen molar-refractivity contribution >= 4 is 11.9 Å². The van der Waals surface area contributed by atoms with E-state index in [-0.39, 0.29) is 23.6 Å². The molecule has 120 valence electrons. The van der Waals surface area contributed by atoms with Gasteiger partial charge >= 0.3 is 11.9 Å². The van der Waals surface area contributed by atoms with Crippen LogP contribution >= 0.6 is 0 Å². The number of esters is 2. The van der Waals surface area contributed by atoms with Crippen molar-refractivity contribution in [3.05, 3.63) is 23.8 Å². The van der Waals surface area contributed by atoms with Gasteiger partial charge in [0.15, 0.2) is 0 Å². The first kappa shape index (κ1) is 15.3. The summed E-state index contributed by atoms with van der Waals surface area (Å²) in [7, 11) is 0.